The summed E-state index contributed by atoms with van der Waals surface area (Å²) in [6, 6.07) is 10.2. The number of imidazole rings is 1. The molecule has 1 fully saturated rings. The Morgan fingerprint density at radius 3 is 3.00 bits per heavy atom. The fourth-order valence-corrected chi connectivity index (χ4v) is 4.88. The van der Waals surface area contributed by atoms with Crippen molar-refractivity contribution >= 4 is 28.1 Å². The van der Waals surface area contributed by atoms with E-state index in [2.05, 4.69) is 26.3 Å². The zero-order chi connectivity index (χ0) is 19.6. The quantitative estimate of drug-likeness (QED) is 0.562. The maximum Gasteiger partial charge on any atom is 0.256 e. The SMILES string of the molecule is O=C(c1c[nH]c2ccccc12)N1CCCN(Cc2cc(-n3ccnc3)cs2)CC1. The number of carbonyl (C=O) groups excluding carboxylic acids is 1. The maximum absolute atomic E-state index is 13.1. The van der Waals surface area contributed by atoms with Crippen molar-refractivity contribution < 1.29 is 4.79 Å². The molecule has 0 radical (unpaired) electrons. The average molecular weight is 406 g/mol. The lowest BCUT2D eigenvalue weighted by Crippen LogP contribution is -2.35. The van der Waals surface area contributed by atoms with Crippen molar-refractivity contribution in [1.82, 2.24) is 24.3 Å². The van der Waals surface area contributed by atoms with Crippen LogP contribution in [0.1, 0.15) is 21.7 Å². The highest BCUT2D eigenvalue weighted by Gasteiger charge is 2.22. The van der Waals surface area contributed by atoms with Gasteiger partial charge >= 0.3 is 0 Å². The van der Waals surface area contributed by atoms with E-state index in [0.717, 1.165) is 61.3 Å². The van der Waals surface area contributed by atoms with Gasteiger partial charge in [-0.15, -0.1) is 11.3 Å². The molecule has 5 rings (SSSR count). The molecule has 4 aromatic rings. The third kappa shape index (κ3) is 3.71. The van der Waals surface area contributed by atoms with Gasteiger partial charge < -0.3 is 14.5 Å². The summed E-state index contributed by atoms with van der Waals surface area (Å²) >= 11 is 1.78. The number of aromatic nitrogens is 3. The number of amides is 1. The molecule has 148 valence electrons. The second-order valence-corrected chi connectivity index (χ2v) is 8.41. The standard InChI is InChI=1S/C22H23N5OS/c28-22(20-13-24-21-5-2-1-4-19(20)21)26-8-3-7-25(10-11-26)14-18-12-17(15-29-18)27-9-6-23-16-27/h1-2,4-6,9,12-13,15-16,24H,3,7-8,10-11,14H2. The lowest BCUT2D eigenvalue weighted by molar-refractivity contribution is 0.0763. The second-order valence-electron chi connectivity index (χ2n) is 7.41. The highest BCUT2D eigenvalue weighted by atomic mass is 32.1. The molecule has 0 spiro atoms. The van der Waals surface area contributed by atoms with Gasteiger partial charge in [0, 0.05) is 72.5 Å². The number of rotatable bonds is 4. The molecule has 0 atom stereocenters. The number of aromatic amines is 1. The van der Waals surface area contributed by atoms with Crippen LogP contribution in [0.3, 0.4) is 0 Å². The van der Waals surface area contributed by atoms with Crippen molar-refractivity contribution in [3.8, 4) is 5.69 Å². The summed E-state index contributed by atoms with van der Waals surface area (Å²) in [4.78, 5) is 26.2. The van der Waals surface area contributed by atoms with Crippen LogP contribution < -0.4 is 0 Å². The van der Waals surface area contributed by atoms with Crippen molar-refractivity contribution in [2.24, 2.45) is 0 Å². The highest BCUT2D eigenvalue weighted by molar-refractivity contribution is 7.10. The normalized spacial score (nSPS) is 15.7. The zero-order valence-electron chi connectivity index (χ0n) is 16.1. The van der Waals surface area contributed by atoms with Crippen LogP contribution in [0.15, 0.2) is 60.6 Å². The number of thiophene rings is 1. The van der Waals surface area contributed by atoms with Crippen LogP contribution in [0, 0.1) is 0 Å². The van der Waals surface area contributed by atoms with Gasteiger partial charge in [-0.2, -0.15) is 0 Å². The molecule has 1 N–H and O–H groups in total. The van der Waals surface area contributed by atoms with Gasteiger partial charge in [0.25, 0.3) is 5.91 Å². The Balaban J connectivity index is 1.24. The Labute approximate surface area is 173 Å². The average Bonchev–Trinajstić information content (AvgIpc) is 3.47. The molecule has 7 heteroatoms. The summed E-state index contributed by atoms with van der Waals surface area (Å²) in [7, 11) is 0. The van der Waals surface area contributed by atoms with Gasteiger partial charge in [-0.1, -0.05) is 18.2 Å². The molecule has 0 aliphatic carbocycles. The third-order valence-electron chi connectivity index (χ3n) is 5.52. The first kappa shape index (κ1) is 18.1. The van der Waals surface area contributed by atoms with E-state index in [1.807, 2.05) is 52.5 Å². The topological polar surface area (TPSA) is 57.2 Å². The van der Waals surface area contributed by atoms with E-state index >= 15 is 0 Å². The largest absolute Gasteiger partial charge is 0.360 e. The predicted octanol–water partition coefficient (Wildman–Crippen LogP) is 3.76. The highest BCUT2D eigenvalue weighted by Crippen LogP contribution is 2.22. The molecular formula is C22H23N5OS. The fraction of sp³-hybridized carbons (Fsp3) is 0.273. The summed E-state index contributed by atoms with van der Waals surface area (Å²) in [6.45, 7) is 4.40. The van der Waals surface area contributed by atoms with E-state index in [9.17, 15) is 4.79 Å². The summed E-state index contributed by atoms with van der Waals surface area (Å²) in [5, 5.41) is 3.17. The van der Waals surface area contributed by atoms with E-state index in [1.54, 1.807) is 17.5 Å². The number of fused-ring (bicyclic) bond motifs is 1. The molecule has 1 saturated heterocycles. The van der Waals surface area contributed by atoms with Crippen molar-refractivity contribution in [3.63, 3.8) is 0 Å². The molecule has 0 saturated carbocycles. The number of nitrogens with zero attached hydrogens (tertiary/aromatic N) is 4. The van der Waals surface area contributed by atoms with Crippen LogP contribution in [0.25, 0.3) is 16.6 Å². The van der Waals surface area contributed by atoms with Crippen LogP contribution in [-0.4, -0.2) is 56.4 Å². The number of nitrogens with one attached hydrogen (secondary N) is 1. The van der Waals surface area contributed by atoms with Crippen LogP contribution in [0.4, 0.5) is 0 Å². The fourth-order valence-electron chi connectivity index (χ4n) is 3.97. The van der Waals surface area contributed by atoms with Crippen LogP contribution in [0.2, 0.25) is 0 Å². The van der Waals surface area contributed by atoms with Gasteiger partial charge in [0.15, 0.2) is 0 Å². The van der Waals surface area contributed by atoms with Gasteiger partial charge in [-0.3, -0.25) is 9.69 Å². The number of para-hydroxylation sites is 1. The van der Waals surface area contributed by atoms with E-state index < -0.39 is 0 Å². The molecule has 3 aromatic heterocycles. The Bertz CT molecular complexity index is 1110. The Morgan fingerprint density at radius 1 is 1.17 bits per heavy atom. The van der Waals surface area contributed by atoms with Crippen molar-refractivity contribution in [3.05, 3.63) is 71.1 Å². The van der Waals surface area contributed by atoms with Gasteiger partial charge in [-0.25, -0.2) is 4.98 Å². The smallest absolute Gasteiger partial charge is 0.256 e. The minimum atomic E-state index is 0.128. The molecule has 6 nitrogen and oxygen atoms in total. The number of H-pyrrole nitrogens is 1. The summed E-state index contributed by atoms with van der Waals surface area (Å²) in [5.74, 6) is 0.128. The van der Waals surface area contributed by atoms with Crippen molar-refractivity contribution in [2.75, 3.05) is 26.2 Å². The van der Waals surface area contributed by atoms with E-state index in [1.165, 1.54) is 4.88 Å². The molecule has 1 aliphatic heterocycles. The Kier molecular flexibility index (Phi) is 4.91. The first-order valence-electron chi connectivity index (χ1n) is 9.91. The number of hydrogen-bond acceptors (Lipinski definition) is 4. The first-order valence-corrected chi connectivity index (χ1v) is 10.8. The molecular weight excluding hydrogens is 382 g/mol. The lowest BCUT2D eigenvalue weighted by Gasteiger charge is -2.21. The summed E-state index contributed by atoms with van der Waals surface area (Å²) in [6.07, 6.45) is 8.43. The van der Waals surface area contributed by atoms with Gasteiger partial charge in [0.2, 0.25) is 0 Å². The van der Waals surface area contributed by atoms with Crippen LogP contribution in [0.5, 0.6) is 0 Å². The first-order chi connectivity index (χ1) is 14.3. The molecule has 1 aromatic carbocycles. The number of carbonyl (C=O) groups is 1. The van der Waals surface area contributed by atoms with E-state index in [-0.39, 0.29) is 5.91 Å². The lowest BCUT2D eigenvalue weighted by atomic mass is 10.1. The summed E-state index contributed by atoms with van der Waals surface area (Å²) < 4.78 is 2.03. The minimum Gasteiger partial charge on any atom is -0.360 e. The summed E-state index contributed by atoms with van der Waals surface area (Å²) in [5.41, 5.74) is 2.95. The number of benzene rings is 1. The molecule has 1 amide bonds. The van der Waals surface area contributed by atoms with Crippen LogP contribution >= 0.6 is 11.3 Å². The molecule has 4 heterocycles. The monoisotopic (exact) mass is 405 g/mol. The van der Waals surface area contributed by atoms with Gasteiger partial charge in [0.1, 0.15) is 0 Å². The second kappa shape index (κ2) is 7.85. The Morgan fingerprint density at radius 2 is 2.10 bits per heavy atom. The molecule has 0 unspecified atom stereocenters. The molecule has 1 aliphatic rings. The van der Waals surface area contributed by atoms with Crippen molar-refractivity contribution in [1.29, 1.82) is 0 Å². The predicted molar refractivity (Wildman–Crippen MR) is 116 cm³/mol. The minimum absolute atomic E-state index is 0.128. The van der Waals surface area contributed by atoms with Gasteiger partial charge in [-0.05, 0) is 18.6 Å². The van der Waals surface area contributed by atoms with Crippen molar-refractivity contribution in [2.45, 2.75) is 13.0 Å². The van der Waals surface area contributed by atoms with E-state index in [0.29, 0.717) is 0 Å². The maximum atomic E-state index is 13.1. The number of hydrogen-bond donors (Lipinski definition) is 1. The van der Waals surface area contributed by atoms with Gasteiger partial charge in [0.05, 0.1) is 17.6 Å². The van der Waals surface area contributed by atoms with E-state index in [4.69, 9.17) is 0 Å². The zero-order valence-corrected chi connectivity index (χ0v) is 16.9. The third-order valence-corrected chi connectivity index (χ3v) is 6.43. The molecule has 0 bridgehead atoms. The van der Waals surface area contributed by atoms with Crippen LogP contribution in [-0.2, 0) is 6.54 Å². The Hall–Kier alpha value is -2.90. The molecule has 29 heavy (non-hydrogen) atoms.